The largest absolute Gasteiger partial charge is 0.382 e. The van der Waals surface area contributed by atoms with Crippen LogP contribution in [0.1, 0.15) is 12.5 Å². The molecule has 124 valence electrons. The summed E-state index contributed by atoms with van der Waals surface area (Å²) in [6, 6.07) is 6.50. The van der Waals surface area contributed by atoms with Gasteiger partial charge in [0.1, 0.15) is 5.82 Å². The number of rotatable bonds is 9. The molecule has 0 heterocycles. The summed E-state index contributed by atoms with van der Waals surface area (Å²) >= 11 is 0. The van der Waals surface area contributed by atoms with Gasteiger partial charge in [0.05, 0.1) is 26.4 Å². The molecular formula is C16H26FN3O2. The van der Waals surface area contributed by atoms with Crippen LogP contribution in [0.15, 0.2) is 29.3 Å². The van der Waals surface area contributed by atoms with E-state index in [2.05, 4.69) is 10.3 Å². The molecule has 1 aromatic rings. The van der Waals surface area contributed by atoms with E-state index >= 15 is 0 Å². The molecule has 1 aromatic carbocycles. The van der Waals surface area contributed by atoms with E-state index in [-0.39, 0.29) is 5.82 Å². The highest BCUT2D eigenvalue weighted by Crippen LogP contribution is 2.05. The summed E-state index contributed by atoms with van der Waals surface area (Å²) in [6.45, 7) is 5.79. The second-order valence-corrected chi connectivity index (χ2v) is 4.82. The summed E-state index contributed by atoms with van der Waals surface area (Å²) in [5.74, 6) is 0.586. The topological polar surface area (TPSA) is 46.1 Å². The Morgan fingerprint density at radius 2 is 1.95 bits per heavy atom. The third kappa shape index (κ3) is 7.38. The van der Waals surface area contributed by atoms with Crippen LogP contribution >= 0.6 is 0 Å². The van der Waals surface area contributed by atoms with Crippen molar-refractivity contribution in [3.05, 3.63) is 35.6 Å². The molecule has 0 saturated carbocycles. The lowest BCUT2D eigenvalue weighted by Gasteiger charge is -2.22. The highest BCUT2D eigenvalue weighted by molar-refractivity contribution is 5.79. The fourth-order valence-corrected chi connectivity index (χ4v) is 1.87. The number of ether oxygens (including phenoxy) is 2. The predicted molar refractivity (Wildman–Crippen MR) is 86.5 cm³/mol. The van der Waals surface area contributed by atoms with Gasteiger partial charge in [0.15, 0.2) is 5.96 Å². The van der Waals surface area contributed by atoms with E-state index in [1.165, 1.54) is 12.1 Å². The Balaban J connectivity index is 2.47. The maximum atomic E-state index is 12.9. The second-order valence-electron chi connectivity index (χ2n) is 4.82. The van der Waals surface area contributed by atoms with Gasteiger partial charge in [0.2, 0.25) is 0 Å². The van der Waals surface area contributed by atoms with Crippen molar-refractivity contribution >= 4 is 5.96 Å². The van der Waals surface area contributed by atoms with Gasteiger partial charge in [-0.2, -0.15) is 0 Å². The molecule has 1 N–H and O–H groups in total. The van der Waals surface area contributed by atoms with Gasteiger partial charge in [0, 0.05) is 27.2 Å². The molecule has 0 atom stereocenters. The van der Waals surface area contributed by atoms with Gasteiger partial charge in [-0.05, 0) is 24.6 Å². The number of aliphatic imine (C=N–C) groups is 1. The van der Waals surface area contributed by atoms with Gasteiger partial charge in [0.25, 0.3) is 0 Å². The minimum Gasteiger partial charge on any atom is -0.382 e. The smallest absolute Gasteiger partial charge is 0.194 e. The number of nitrogens with one attached hydrogen (secondary N) is 1. The lowest BCUT2D eigenvalue weighted by molar-refractivity contribution is 0.0747. The zero-order valence-electron chi connectivity index (χ0n) is 13.6. The number of guanidine groups is 1. The highest BCUT2D eigenvalue weighted by Gasteiger charge is 2.06. The van der Waals surface area contributed by atoms with Crippen molar-refractivity contribution in [1.82, 2.24) is 10.2 Å². The summed E-state index contributed by atoms with van der Waals surface area (Å²) in [6.07, 6.45) is 0. The van der Waals surface area contributed by atoms with Crippen LogP contribution in [0.2, 0.25) is 0 Å². The summed E-state index contributed by atoms with van der Waals surface area (Å²) in [7, 11) is 3.60. The van der Waals surface area contributed by atoms with E-state index in [0.717, 1.165) is 18.1 Å². The summed E-state index contributed by atoms with van der Waals surface area (Å²) in [5, 5.41) is 3.24. The van der Waals surface area contributed by atoms with Gasteiger partial charge in [-0.1, -0.05) is 12.1 Å². The molecule has 6 heteroatoms. The summed E-state index contributed by atoms with van der Waals surface area (Å²) in [4.78, 5) is 6.52. The first-order chi connectivity index (χ1) is 10.7. The Labute approximate surface area is 132 Å². The maximum absolute atomic E-state index is 12.9. The van der Waals surface area contributed by atoms with Crippen molar-refractivity contribution in [1.29, 1.82) is 0 Å². The predicted octanol–water partition coefficient (Wildman–Crippen LogP) is 1.89. The number of halogens is 1. The van der Waals surface area contributed by atoms with Gasteiger partial charge < -0.3 is 19.7 Å². The minimum atomic E-state index is -0.222. The first-order valence-corrected chi connectivity index (χ1v) is 7.48. The molecule has 0 aliphatic carbocycles. The van der Waals surface area contributed by atoms with Crippen LogP contribution in [0.5, 0.6) is 0 Å². The average Bonchev–Trinajstić information content (AvgIpc) is 2.51. The molecule has 0 aromatic heterocycles. The number of hydrogen-bond acceptors (Lipinski definition) is 3. The van der Waals surface area contributed by atoms with Crippen LogP contribution in [0.3, 0.4) is 0 Å². The molecule has 0 aliphatic heterocycles. The van der Waals surface area contributed by atoms with Crippen LogP contribution in [-0.4, -0.2) is 57.9 Å². The molecule has 0 saturated heterocycles. The van der Waals surface area contributed by atoms with Crippen molar-refractivity contribution in [3.63, 3.8) is 0 Å². The van der Waals surface area contributed by atoms with E-state index in [4.69, 9.17) is 9.47 Å². The molecule has 0 spiro atoms. The Kier molecular flexibility index (Phi) is 9.18. The monoisotopic (exact) mass is 311 g/mol. The molecule has 1 rings (SSSR count). The normalized spacial score (nSPS) is 11.5. The third-order valence-corrected chi connectivity index (χ3v) is 2.96. The molecule has 22 heavy (non-hydrogen) atoms. The molecule has 0 aliphatic rings. The molecule has 0 bridgehead atoms. The van der Waals surface area contributed by atoms with Crippen molar-refractivity contribution in [2.24, 2.45) is 4.99 Å². The zero-order chi connectivity index (χ0) is 16.2. The Hall–Kier alpha value is -1.66. The SMILES string of the molecule is CCNC(=NCCOCCOC)N(C)Cc1ccc(F)cc1. The molecule has 0 radical (unpaired) electrons. The minimum absolute atomic E-state index is 0.222. The Morgan fingerprint density at radius 3 is 2.59 bits per heavy atom. The van der Waals surface area contributed by atoms with Gasteiger partial charge in [-0.25, -0.2) is 4.39 Å². The van der Waals surface area contributed by atoms with Crippen molar-refractivity contribution in [2.45, 2.75) is 13.5 Å². The standard InChI is InChI=1S/C16H26FN3O2/c1-4-18-16(19-9-10-22-12-11-21-3)20(2)13-14-5-7-15(17)8-6-14/h5-8H,4,9-13H2,1-3H3,(H,18,19). The lowest BCUT2D eigenvalue weighted by Crippen LogP contribution is -2.38. The third-order valence-electron chi connectivity index (χ3n) is 2.96. The van der Waals surface area contributed by atoms with E-state index < -0.39 is 0 Å². The Morgan fingerprint density at radius 1 is 1.23 bits per heavy atom. The van der Waals surface area contributed by atoms with E-state index in [9.17, 15) is 4.39 Å². The van der Waals surface area contributed by atoms with Gasteiger partial charge in [-0.3, -0.25) is 4.99 Å². The first kappa shape index (κ1) is 18.4. The fraction of sp³-hybridized carbons (Fsp3) is 0.562. The molecule has 0 fully saturated rings. The highest BCUT2D eigenvalue weighted by atomic mass is 19.1. The molecule has 5 nitrogen and oxygen atoms in total. The van der Waals surface area contributed by atoms with Crippen molar-refractivity contribution < 1.29 is 13.9 Å². The van der Waals surface area contributed by atoms with E-state index in [0.29, 0.717) is 32.9 Å². The van der Waals surface area contributed by atoms with Gasteiger partial charge in [-0.15, -0.1) is 0 Å². The van der Waals surface area contributed by atoms with Crippen LogP contribution in [0, 0.1) is 5.82 Å². The van der Waals surface area contributed by atoms with Crippen LogP contribution in [0.4, 0.5) is 4.39 Å². The molecule has 0 amide bonds. The van der Waals surface area contributed by atoms with Gasteiger partial charge >= 0.3 is 0 Å². The lowest BCUT2D eigenvalue weighted by atomic mass is 10.2. The first-order valence-electron chi connectivity index (χ1n) is 7.48. The fourth-order valence-electron chi connectivity index (χ4n) is 1.87. The van der Waals surface area contributed by atoms with Crippen LogP contribution < -0.4 is 5.32 Å². The maximum Gasteiger partial charge on any atom is 0.194 e. The second kappa shape index (κ2) is 11.0. The van der Waals surface area contributed by atoms with Crippen LogP contribution in [-0.2, 0) is 16.0 Å². The number of hydrogen-bond donors (Lipinski definition) is 1. The van der Waals surface area contributed by atoms with Crippen molar-refractivity contribution in [2.75, 3.05) is 47.1 Å². The van der Waals surface area contributed by atoms with Crippen LogP contribution in [0.25, 0.3) is 0 Å². The van der Waals surface area contributed by atoms with E-state index in [1.807, 2.05) is 18.9 Å². The summed E-state index contributed by atoms with van der Waals surface area (Å²) < 4.78 is 23.2. The number of nitrogens with zero attached hydrogens (tertiary/aromatic N) is 2. The van der Waals surface area contributed by atoms with E-state index in [1.54, 1.807) is 19.2 Å². The zero-order valence-corrected chi connectivity index (χ0v) is 13.6. The summed E-state index contributed by atoms with van der Waals surface area (Å²) in [5.41, 5.74) is 1.03. The number of methoxy groups -OCH3 is 1. The molecular weight excluding hydrogens is 285 g/mol. The quantitative estimate of drug-likeness (QED) is 0.430. The molecule has 0 unspecified atom stereocenters. The van der Waals surface area contributed by atoms with Crippen molar-refractivity contribution in [3.8, 4) is 0 Å². The number of benzene rings is 1. The Bertz CT molecular complexity index is 438. The average molecular weight is 311 g/mol.